The number of amides is 1. The van der Waals surface area contributed by atoms with Crippen LogP contribution in [-0.4, -0.2) is 57.2 Å². The van der Waals surface area contributed by atoms with Gasteiger partial charge >= 0.3 is 0 Å². The minimum absolute atomic E-state index is 0.00893. The van der Waals surface area contributed by atoms with E-state index in [0.29, 0.717) is 31.9 Å². The zero-order valence-electron chi connectivity index (χ0n) is 13.1. The molecule has 2 fully saturated rings. The zero-order chi connectivity index (χ0) is 15.9. The zero-order valence-corrected chi connectivity index (χ0v) is 13.1. The van der Waals surface area contributed by atoms with Gasteiger partial charge in [0.05, 0.1) is 19.4 Å². The lowest BCUT2D eigenvalue weighted by Gasteiger charge is -2.37. The van der Waals surface area contributed by atoms with Gasteiger partial charge in [-0.1, -0.05) is 0 Å². The number of rotatable bonds is 2. The van der Waals surface area contributed by atoms with Gasteiger partial charge in [-0.3, -0.25) is 9.48 Å². The third-order valence-electron chi connectivity index (χ3n) is 4.61. The van der Waals surface area contributed by atoms with Crippen molar-refractivity contribution in [2.45, 2.75) is 18.6 Å². The second-order valence-corrected chi connectivity index (χ2v) is 6.00. The summed E-state index contributed by atoms with van der Waals surface area (Å²) in [5.74, 6) is 0.331. The van der Waals surface area contributed by atoms with Gasteiger partial charge in [0.1, 0.15) is 11.4 Å². The first-order valence-corrected chi connectivity index (χ1v) is 7.91. The quantitative estimate of drug-likeness (QED) is 0.835. The van der Waals surface area contributed by atoms with E-state index in [-0.39, 0.29) is 5.91 Å². The largest absolute Gasteiger partial charge is 0.347 e. The van der Waals surface area contributed by atoms with E-state index in [1.165, 1.54) is 0 Å². The lowest BCUT2D eigenvalue weighted by atomic mass is 10.0. The Morgan fingerprint density at radius 1 is 1.17 bits per heavy atom. The van der Waals surface area contributed by atoms with Crippen molar-refractivity contribution in [2.75, 3.05) is 26.3 Å². The molecule has 2 saturated heterocycles. The van der Waals surface area contributed by atoms with Gasteiger partial charge in [0, 0.05) is 45.4 Å². The molecule has 0 bridgehead atoms. The van der Waals surface area contributed by atoms with E-state index in [1.807, 2.05) is 41.0 Å². The maximum absolute atomic E-state index is 12.9. The molecular weight excluding hydrogens is 296 g/mol. The Bertz CT molecular complexity index is 691. The van der Waals surface area contributed by atoms with Crippen LogP contribution >= 0.6 is 0 Å². The molecule has 4 heterocycles. The van der Waals surface area contributed by atoms with Gasteiger partial charge in [-0.2, -0.15) is 5.10 Å². The van der Waals surface area contributed by atoms with E-state index in [9.17, 15) is 4.79 Å². The Morgan fingerprint density at radius 2 is 1.83 bits per heavy atom. The Hall–Kier alpha value is -2.12. The second kappa shape index (κ2) is 5.50. The van der Waals surface area contributed by atoms with E-state index in [0.717, 1.165) is 18.7 Å². The van der Waals surface area contributed by atoms with Crippen LogP contribution < -0.4 is 0 Å². The number of likely N-dealkylation sites (tertiary alicyclic amines) is 1. The standard InChI is InChI=1S/C16H20N4O3/c1-18-14(19-6-2-3-7-19)13(12-17-18)15(21)20-8-4-16(5-9-20)22-10-11-23-16/h2-3,6-7,12H,4-5,8-11H2,1H3. The highest BCUT2D eigenvalue weighted by Gasteiger charge is 2.41. The molecule has 23 heavy (non-hydrogen) atoms. The number of piperidine rings is 1. The molecule has 0 aromatic carbocycles. The Labute approximate surface area is 134 Å². The maximum Gasteiger partial charge on any atom is 0.259 e. The second-order valence-electron chi connectivity index (χ2n) is 6.00. The van der Waals surface area contributed by atoms with Crippen LogP contribution in [0.2, 0.25) is 0 Å². The highest BCUT2D eigenvalue weighted by atomic mass is 16.7. The molecule has 2 aliphatic rings. The molecule has 1 spiro atoms. The number of nitrogens with zero attached hydrogens (tertiary/aromatic N) is 4. The highest BCUT2D eigenvalue weighted by Crippen LogP contribution is 2.32. The molecule has 0 N–H and O–H groups in total. The number of hydrogen-bond acceptors (Lipinski definition) is 4. The minimum Gasteiger partial charge on any atom is -0.347 e. The first kappa shape index (κ1) is 14.5. The van der Waals surface area contributed by atoms with Gasteiger partial charge in [0.25, 0.3) is 5.91 Å². The predicted molar refractivity (Wildman–Crippen MR) is 82.3 cm³/mol. The summed E-state index contributed by atoms with van der Waals surface area (Å²) in [5, 5.41) is 4.26. The van der Waals surface area contributed by atoms with Crippen LogP contribution in [0.4, 0.5) is 0 Å². The Morgan fingerprint density at radius 3 is 2.48 bits per heavy atom. The molecule has 122 valence electrons. The Kier molecular flexibility index (Phi) is 3.46. The fourth-order valence-electron chi connectivity index (χ4n) is 3.37. The van der Waals surface area contributed by atoms with E-state index in [2.05, 4.69) is 5.10 Å². The average molecular weight is 316 g/mol. The molecule has 2 aliphatic heterocycles. The van der Waals surface area contributed by atoms with Gasteiger partial charge in [0.15, 0.2) is 5.79 Å². The van der Waals surface area contributed by atoms with Crippen molar-refractivity contribution in [1.29, 1.82) is 0 Å². The van der Waals surface area contributed by atoms with Crippen molar-refractivity contribution in [3.8, 4) is 5.82 Å². The van der Waals surface area contributed by atoms with Gasteiger partial charge in [0.2, 0.25) is 0 Å². The van der Waals surface area contributed by atoms with Gasteiger partial charge in [-0.15, -0.1) is 0 Å². The highest BCUT2D eigenvalue weighted by molar-refractivity contribution is 5.97. The summed E-state index contributed by atoms with van der Waals surface area (Å²) in [6.45, 7) is 2.57. The average Bonchev–Trinajstić information content (AvgIpc) is 3.28. The van der Waals surface area contributed by atoms with Crippen molar-refractivity contribution in [3.05, 3.63) is 36.3 Å². The van der Waals surface area contributed by atoms with Crippen molar-refractivity contribution in [2.24, 2.45) is 7.05 Å². The predicted octanol–water partition coefficient (Wildman–Crippen LogP) is 1.19. The lowest BCUT2D eigenvalue weighted by molar-refractivity contribution is -0.181. The molecule has 1 amide bonds. The lowest BCUT2D eigenvalue weighted by Crippen LogP contribution is -2.47. The topological polar surface area (TPSA) is 61.5 Å². The molecule has 2 aromatic heterocycles. The van der Waals surface area contributed by atoms with Crippen LogP contribution in [0, 0.1) is 0 Å². The molecule has 7 heteroatoms. The van der Waals surface area contributed by atoms with Gasteiger partial charge in [-0.25, -0.2) is 0 Å². The third kappa shape index (κ3) is 2.46. The van der Waals surface area contributed by atoms with E-state index < -0.39 is 5.79 Å². The molecule has 0 saturated carbocycles. The molecule has 7 nitrogen and oxygen atoms in total. The molecular formula is C16H20N4O3. The molecule has 2 aromatic rings. The van der Waals surface area contributed by atoms with E-state index >= 15 is 0 Å². The summed E-state index contributed by atoms with van der Waals surface area (Å²) < 4.78 is 15.1. The van der Waals surface area contributed by atoms with E-state index in [4.69, 9.17) is 9.47 Å². The Balaban J connectivity index is 1.54. The summed E-state index contributed by atoms with van der Waals surface area (Å²) in [5.41, 5.74) is 0.618. The van der Waals surface area contributed by atoms with Crippen molar-refractivity contribution in [1.82, 2.24) is 19.2 Å². The molecule has 4 rings (SSSR count). The van der Waals surface area contributed by atoms with Crippen LogP contribution in [0.15, 0.2) is 30.7 Å². The van der Waals surface area contributed by atoms with Crippen LogP contribution in [0.25, 0.3) is 5.82 Å². The van der Waals surface area contributed by atoms with Crippen LogP contribution in [-0.2, 0) is 16.5 Å². The SMILES string of the molecule is Cn1ncc(C(=O)N2CCC3(CC2)OCCO3)c1-n1cccc1. The van der Waals surface area contributed by atoms with Crippen LogP contribution in [0.3, 0.4) is 0 Å². The van der Waals surface area contributed by atoms with Gasteiger partial charge < -0.3 is 18.9 Å². The number of carbonyl (C=O) groups is 1. The van der Waals surface area contributed by atoms with Crippen molar-refractivity contribution < 1.29 is 14.3 Å². The maximum atomic E-state index is 12.9. The number of aryl methyl sites for hydroxylation is 1. The van der Waals surface area contributed by atoms with Crippen LogP contribution in [0.5, 0.6) is 0 Å². The molecule has 0 unspecified atom stereocenters. The summed E-state index contributed by atoms with van der Waals surface area (Å²) in [4.78, 5) is 14.8. The number of carbonyl (C=O) groups excluding carboxylic acids is 1. The summed E-state index contributed by atoms with van der Waals surface area (Å²) in [7, 11) is 1.84. The third-order valence-corrected chi connectivity index (χ3v) is 4.61. The number of ether oxygens (including phenoxy) is 2. The van der Waals surface area contributed by atoms with E-state index in [1.54, 1.807) is 10.9 Å². The normalized spacial score (nSPS) is 20.3. The molecule has 0 radical (unpaired) electrons. The summed E-state index contributed by atoms with van der Waals surface area (Å²) in [6, 6.07) is 3.86. The monoisotopic (exact) mass is 316 g/mol. The minimum atomic E-state index is -0.463. The molecule has 0 aliphatic carbocycles. The first-order chi connectivity index (χ1) is 11.2. The summed E-state index contributed by atoms with van der Waals surface area (Å²) >= 11 is 0. The van der Waals surface area contributed by atoms with Gasteiger partial charge in [-0.05, 0) is 12.1 Å². The van der Waals surface area contributed by atoms with Crippen molar-refractivity contribution in [3.63, 3.8) is 0 Å². The molecule has 0 atom stereocenters. The number of hydrogen-bond donors (Lipinski definition) is 0. The van der Waals surface area contributed by atoms with Crippen molar-refractivity contribution >= 4 is 5.91 Å². The number of aromatic nitrogens is 3. The smallest absolute Gasteiger partial charge is 0.259 e. The van der Waals surface area contributed by atoms with Crippen LogP contribution in [0.1, 0.15) is 23.2 Å². The fourth-order valence-corrected chi connectivity index (χ4v) is 3.37. The summed E-state index contributed by atoms with van der Waals surface area (Å²) in [6.07, 6.45) is 6.92. The first-order valence-electron chi connectivity index (χ1n) is 7.91. The fraction of sp³-hybridized carbons (Fsp3) is 0.500.